The number of fused-ring (bicyclic) bond motifs is 1. The molecule has 0 spiro atoms. The van der Waals surface area contributed by atoms with Crippen molar-refractivity contribution in [1.29, 1.82) is 0 Å². The van der Waals surface area contributed by atoms with Gasteiger partial charge in [0, 0.05) is 6.54 Å². The smallest absolute Gasteiger partial charge is 0.238 e. The number of benzene rings is 1. The second kappa shape index (κ2) is 5.07. The standard InChI is InChI=1S/C11H11N7O2S/c12-21(19,20)9-3-1-8(2-4-9)5-14-10-6-13-7-11-15-16-17-18(10)11/h1-4,6-7,14H,5H2,(H2,12,19,20). The lowest BCUT2D eigenvalue weighted by Crippen LogP contribution is -2.12. The number of nitrogens with two attached hydrogens (primary N) is 1. The van der Waals surface area contributed by atoms with Crippen molar-refractivity contribution in [2.75, 3.05) is 5.32 Å². The van der Waals surface area contributed by atoms with Gasteiger partial charge in [-0.1, -0.05) is 12.1 Å². The lowest BCUT2D eigenvalue weighted by atomic mass is 10.2. The van der Waals surface area contributed by atoms with Crippen LogP contribution in [0.5, 0.6) is 0 Å². The van der Waals surface area contributed by atoms with Crippen molar-refractivity contribution in [3.05, 3.63) is 42.2 Å². The van der Waals surface area contributed by atoms with E-state index in [0.717, 1.165) is 5.56 Å². The van der Waals surface area contributed by atoms with Crippen LogP contribution in [0.2, 0.25) is 0 Å². The number of anilines is 1. The van der Waals surface area contributed by atoms with E-state index in [4.69, 9.17) is 5.14 Å². The van der Waals surface area contributed by atoms with Crippen molar-refractivity contribution >= 4 is 21.5 Å². The molecule has 0 atom stereocenters. The molecule has 0 fully saturated rings. The molecule has 0 aliphatic carbocycles. The first-order valence-corrected chi connectivity index (χ1v) is 7.46. The summed E-state index contributed by atoms with van der Waals surface area (Å²) in [6.07, 6.45) is 3.15. The quantitative estimate of drug-likeness (QED) is 0.681. The van der Waals surface area contributed by atoms with E-state index in [-0.39, 0.29) is 4.90 Å². The summed E-state index contributed by atoms with van der Waals surface area (Å²) in [7, 11) is -3.67. The highest BCUT2D eigenvalue weighted by Crippen LogP contribution is 2.11. The molecule has 0 radical (unpaired) electrons. The van der Waals surface area contributed by atoms with Gasteiger partial charge in [-0.2, -0.15) is 4.52 Å². The lowest BCUT2D eigenvalue weighted by molar-refractivity contribution is 0.598. The van der Waals surface area contributed by atoms with Crippen LogP contribution in [0.15, 0.2) is 41.6 Å². The zero-order valence-corrected chi connectivity index (χ0v) is 11.5. The first-order valence-electron chi connectivity index (χ1n) is 5.92. The molecule has 0 saturated carbocycles. The van der Waals surface area contributed by atoms with E-state index in [9.17, 15) is 8.42 Å². The summed E-state index contributed by atoms with van der Waals surface area (Å²) in [6.45, 7) is 0.464. The predicted molar refractivity (Wildman–Crippen MR) is 73.7 cm³/mol. The topological polar surface area (TPSA) is 128 Å². The van der Waals surface area contributed by atoms with Gasteiger partial charge in [-0.3, -0.25) is 4.98 Å². The Morgan fingerprint density at radius 1 is 1.19 bits per heavy atom. The van der Waals surface area contributed by atoms with Gasteiger partial charge in [0.25, 0.3) is 0 Å². The van der Waals surface area contributed by atoms with Crippen LogP contribution in [-0.4, -0.2) is 33.4 Å². The average Bonchev–Trinajstić information content (AvgIpc) is 2.93. The molecule has 3 rings (SSSR count). The van der Waals surface area contributed by atoms with Gasteiger partial charge >= 0.3 is 0 Å². The SMILES string of the molecule is NS(=O)(=O)c1ccc(CNc2cncc3nnnn23)cc1. The molecule has 1 aromatic carbocycles. The van der Waals surface area contributed by atoms with Crippen molar-refractivity contribution in [3.8, 4) is 0 Å². The summed E-state index contributed by atoms with van der Waals surface area (Å²) in [5.74, 6) is 0.632. The molecule has 108 valence electrons. The number of hydrogen-bond acceptors (Lipinski definition) is 7. The summed E-state index contributed by atoms with van der Waals surface area (Å²) in [4.78, 5) is 4.10. The first kappa shape index (κ1) is 13.4. The minimum absolute atomic E-state index is 0.0792. The largest absolute Gasteiger partial charge is 0.365 e. The van der Waals surface area contributed by atoms with Crippen molar-refractivity contribution in [2.45, 2.75) is 11.4 Å². The second-order valence-electron chi connectivity index (χ2n) is 4.28. The molecular weight excluding hydrogens is 294 g/mol. The molecule has 10 heteroatoms. The van der Waals surface area contributed by atoms with Crippen LogP contribution in [0, 0.1) is 0 Å². The molecule has 0 aliphatic rings. The van der Waals surface area contributed by atoms with Gasteiger partial charge in [0.05, 0.1) is 17.3 Å². The normalized spacial score (nSPS) is 11.7. The van der Waals surface area contributed by atoms with Gasteiger partial charge in [-0.25, -0.2) is 13.6 Å². The van der Waals surface area contributed by atoms with Crippen LogP contribution in [0.25, 0.3) is 5.65 Å². The third-order valence-corrected chi connectivity index (χ3v) is 3.76. The third-order valence-electron chi connectivity index (χ3n) is 2.83. The number of tetrazole rings is 1. The highest BCUT2D eigenvalue weighted by molar-refractivity contribution is 7.89. The fraction of sp³-hybridized carbons (Fsp3) is 0.0909. The molecule has 3 N–H and O–H groups in total. The fourth-order valence-electron chi connectivity index (χ4n) is 1.79. The molecule has 3 aromatic rings. The van der Waals surface area contributed by atoms with Crippen molar-refractivity contribution in [3.63, 3.8) is 0 Å². The van der Waals surface area contributed by atoms with Crippen molar-refractivity contribution < 1.29 is 8.42 Å². The van der Waals surface area contributed by atoms with Crippen LogP contribution in [0.3, 0.4) is 0 Å². The van der Waals surface area contributed by atoms with Gasteiger partial charge in [0.2, 0.25) is 10.0 Å². The molecule has 0 bridgehead atoms. The van der Waals surface area contributed by atoms with Crippen LogP contribution < -0.4 is 10.5 Å². The van der Waals surface area contributed by atoms with E-state index in [1.54, 1.807) is 24.5 Å². The number of nitrogens with zero attached hydrogens (tertiary/aromatic N) is 5. The summed E-state index contributed by atoms with van der Waals surface area (Å²) < 4.78 is 23.9. The molecule has 9 nitrogen and oxygen atoms in total. The number of rotatable bonds is 4. The van der Waals surface area contributed by atoms with Crippen LogP contribution >= 0.6 is 0 Å². The summed E-state index contributed by atoms with van der Waals surface area (Å²) in [5.41, 5.74) is 1.41. The van der Waals surface area contributed by atoms with Crippen LogP contribution in [-0.2, 0) is 16.6 Å². The third kappa shape index (κ3) is 2.80. The molecule has 0 saturated heterocycles. The van der Waals surface area contributed by atoms with E-state index in [0.29, 0.717) is 18.0 Å². The van der Waals surface area contributed by atoms with Gasteiger partial charge in [-0.15, -0.1) is 5.10 Å². The predicted octanol–water partition coefficient (Wildman–Crippen LogP) is -0.221. The molecule has 21 heavy (non-hydrogen) atoms. The Morgan fingerprint density at radius 3 is 2.67 bits per heavy atom. The Hall–Kier alpha value is -2.59. The lowest BCUT2D eigenvalue weighted by Gasteiger charge is -2.07. The Bertz CT molecular complexity index is 873. The zero-order valence-electron chi connectivity index (χ0n) is 10.7. The Morgan fingerprint density at radius 2 is 1.95 bits per heavy atom. The number of primary sulfonamides is 1. The van der Waals surface area contributed by atoms with E-state index >= 15 is 0 Å². The minimum atomic E-state index is -3.67. The molecule has 2 aromatic heterocycles. The van der Waals surface area contributed by atoms with Crippen molar-refractivity contribution in [1.82, 2.24) is 25.0 Å². The Balaban J connectivity index is 1.77. The first-order chi connectivity index (χ1) is 10.0. The van der Waals surface area contributed by atoms with Crippen LogP contribution in [0.4, 0.5) is 5.82 Å². The number of nitrogens with one attached hydrogen (secondary N) is 1. The number of hydrogen-bond donors (Lipinski definition) is 2. The van der Waals surface area contributed by atoms with E-state index in [1.165, 1.54) is 16.6 Å². The van der Waals surface area contributed by atoms with Gasteiger partial charge in [0.1, 0.15) is 0 Å². The summed E-state index contributed by atoms with van der Waals surface area (Å²) in [6, 6.07) is 6.28. The molecule has 0 unspecified atom stereocenters. The number of sulfonamides is 1. The van der Waals surface area contributed by atoms with E-state index < -0.39 is 10.0 Å². The van der Waals surface area contributed by atoms with Crippen LogP contribution in [0.1, 0.15) is 5.56 Å². The van der Waals surface area contributed by atoms with E-state index in [1.807, 2.05) is 0 Å². The Labute approximate surface area is 119 Å². The maximum Gasteiger partial charge on any atom is 0.238 e. The molecule has 2 heterocycles. The number of aromatic nitrogens is 5. The second-order valence-corrected chi connectivity index (χ2v) is 5.85. The summed E-state index contributed by atoms with van der Waals surface area (Å²) >= 11 is 0. The maximum atomic E-state index is 11.2. The molecular formula is C11H11N7O2S. The average molecular weight is 305 g/mol. The van der Waals surface area contributed by atoms with Gasteiger partial charge in [-0.05, 0) is 28.1 Å². The Kier molecular flexibility index (Phi) is 3.23. The zero-order chi connectivity index (χ0) is 14.9. The monoisotopic (exact) mass is 305 g/mol. The highest BCUT2D eigenvalue weighted by Gasteiger charge is 2.07. The van der Waals surface area contributed by atoms with Crippen molar-refractivity contribution in [2.24, 2.45) is 5.14 Å². The fourth-order valence-corrected chi connectivity index (χ4v) is 2.30. The summed E-state index contributed by atoms with van der Waals surface area (Å²) in [5, 5.41) is 19.4. The molecule has 0 amide bonds. The van der Waals surface area contributed by atoms with Gasteiger partial charge in [0.15, 0.2) is 11.5 Å². The molecule has 0 aliphatic heterocycles. The highest BCUT2D eigenvalue weighted by atomic mass is 32.2. The maximum absolute atomic E-state index is 11.2. The minimum Gasteiger partial charge on any atom is -0.365 e. The van der Waals surface area contributed by atoms with E-state index in [2.05, 4.69) is 25.8 Å². The van der Waals surface area contributed by atoms with Gasteiger partial charge < -0.3 is 5.32 Å².